The van der Waals surface area contributed by atoms with Gasteiger partial charge in [0, 0.05) is 12.0 Å². The third-order valence-electron chi connectivity index (χ3n) is 2.37. The fraction of sp³-hybridized carbons (Fsp3) is 0.308. The van der Waals surface area contributed by atoms with Gasteiger partial charge >= 0.3 is 5.97 Å². The van der Waals surface area contributed by atoms with Crippen LogP contribution in [0.5, 0.6) is 0 Å². The first-order valence-corrected chi connectivity index (χ1v) is 5.00. The standard InChI is InChI=1S/C13H16O2/c1-4-7-10-11(8-5-2)13(14)15-12(10)9-6-3/h4-6,12H,1-3,7-9H2. The number of hydrogen-bond donors (Lipinski definition) is 0. The molecule has 0 radical (unpaired) electrons. The van der Waals surface area contributed by atoms with Crippen LogP contribution in [0, 0.1) is 0 Å². The van der Waals surface area contributed by atoms with Gasteiger partial charge in [-0.05, 0) is 18.4 Å². The van der Waals surface area contributed by atoms with Gasteiger partial charge in [-0.2, -0.15) is 0 Å². The Morgan fingerprint density at radius 2 is 1.80 bits per heavy atom. The van der Waals surface area contributed by atoms with Crippen molar-refractivity contribution in [2.45, 2.75) is 25.4 Å². The van der Waals surface area contributed by atoms with E-state index in [1.54, 1.807) is 18.2 Å². The molecular weight excluding hydrogens is 188 g/mol. The van der Waals surface area contributed by atoms with Gasteiger partial charge in [0.1, 0.15) is 6.10 Å². The normalized spacial score (nSPS) is 20.0. The Morgan fingerprint density at radius 1 is 1.13 bits per heavy atom. The van der Waals surface area contributed by atoms with Gasteiger partial charge in [-0.3, -0.25) is 0 Å². The van der Waals surface area contributed by atoms with E-state index in [0.717, 1.165) is 11.1 Å². The molecule has 2 nitrogen and oxygen atoms in total. The van der Waals surface area contributed by atoms with E-state index in [0.29, 0.717) is 19.3 Å². The number of ether oxygens (including phenoxy) is 1. The third-order valence-corrected chi connectivity index (χ3v) is 2.37. The Labute approximate surface area is 90.6 Å². The van der Waals surface area contributed by atoms with Crippen LogP contribution < -0.4 is 0 Å². The summed E-state index contributed by atoms with van der Waals surface area (Å²) in [6.45, 7) is 11.0. The Balaban J connectivity index is 2.96. The van der Waals surface area contributed by atoms with E-state index in [1.165, 1.54) is 0 Å². The van der Waals surface area contributed by atoms with Crippen LogP contribution in [0.25, 0.3) is 0 Å². The second-order valence-electron chi connectivity index (χ2n) is 3.41. The number of carbonyl (C=O) groups excluding carboxylic acids is 1. The number of hydrogen-bond acceptors (Lipinski definition) is 2. The first kappa shape index (κ1) is 11.5. The highest BCUT2D eigenvalue weighted by atomic mass is 16.5. The molecule has 0 bridgehead atoms. The molecule has 1 heterocycles. The van der Waals surface area contributed by atoms with Crippen molar-refractivity contribution in [3.05, 3.63) is 49.1 Å². The maximum absolute atomic E-state index is 11.5. The molecule has 0 saturated heterocycles. The molecule has 1 unspecified atom stereocenters. The maximum atomic E-state index is 11.5. The van der Waals surface area contributed by atoms with Crippen molar-refractivity contribution in [1.29, 1.82) is 0 Å². The minimum atomic E-state index is -0.224. The molecule has 1 rings (SSSR count). The molecule has 0 amide bonds. The molecule has 0 aromatic rings. The summed E-state index contributed by atoms with van der Waals surface area (Å²) in [5.74, 6) is -0.224. The van der Waals surface area contributed by atoms with Gasteiger partial charge in [0.15, 0.2) is 0 Å². The summed E-state index contributed by atoms with van der Waals surface area (Å²) in [7, 11) is 0. The van der Waals surface area contributed by atoms with E-state index in [4.69, 9.17) is 4.74 Å². The van der Waals surface area contributed by atoms with Crippen molar-refractivity contribution in [1.82, 2.24) is 0 Å². The van der Waals surface area contributed by atoms with Crippen molar-refractivity contribution in [3.63, 3.8) is 0 Å². The van der Waals surface area contributed by atoms with Gasteiger partial charge in [-0.25, -0.2) is 4.79 Å². The lowest BCUT2D eigenvalue weighted by Gasteiger charge is -2.10. The summed E-state index contributed by atoms with van der Waals surface area (Å²) >= 11 is 0. The molecule has 2 heteroatoms. The Morgan fingerprint density at radius 3 is 2.33 bits per heavy atom. The van der Waals surface area contributed by atoms with Crippen LogP contribution in [0.4, 0.5) is 0 Å². The number of allylic oxidation sites excluding steroid dienone is 2. The number of rotatable bonds is 6. The Hall–Kier alpha value is -1.57. The lowest BCUT2D eigenvalue weighted by atomic mass is 9.98. The second kappa shape index (κ2) is 5.35. The van der Waals surface area contributed by atoms with Crippen LogP contribution in [0.1, 0.15) is 19.3 Å². The molecule has 0 aliphatic carbocycles. The van der Waals surface area contributed by atoms with Gasteiger partial charge in [0.25, 0.3) is 0 Å². The Bertz CT molecular complexity index is 323. The molecule has 0 aromatic heterocycles. The van der Waals surface area contributed by atoms with Gasteiger partial charge in [-0.15, -0.1) is 19.7 Å². The van der Waals surface area contributed by atoms with Crippen LogP contribution in [0.3, 0.4) is 0 Å². The van der Waals surface area contributed by atoms with Gasteiger partial charge < -0.3 is 4.74 Å². The largest absolute Gasteiger partial charge is 0.454 e. The van der Waals surface area contributed by atoms with Gasteiger partial charge in [0.05, 0.1) is 0 Å². The molecular formula is C13H16O2. The van der Waals surface area contributed by atoms with Crippen LogP contribution in [0.15, 0.2) is 49.1 Å². The van der Waals surface area contributed by atoms with Crippen LogP contribution in [0.2, 0.25) is 0 Å². The summed E-state index contributed by atoms with van der Waals surface area (Å²) in [5.41, 5.74) is 1.76. The molecule has 0 N–H and O–H groups in total. The molecule has 1 atom stereocenters. The molecule has 1 aliphatic heterocycles. The van der Waals surface area contributed by atoms with E-state index in [1.807, 2.05) is 0 Å². The monoisotopic (exact) mass is 204 g/mol. The Kier molecular flexibility index (Phi) is 4.10. The average Bonchev–Trinajstić information content (AvgIpc) is 2.48. The zero-order valence-electron chi connectivity index (χ0n) is 8.87. The SMILES string of the molecule is C=CCC1=C(CC=C)C(CC=C)OC1=O. The molecule has 0 aromatic carbocycles. The first-order valence-electron chi connectivity index (χ1n) is 5.00. The summed E-state index contributed by atoms with van der Waals surface area (Å²) in [6, 6.07) is 0. The zero-order valence-corrected chi connectivity index (χ0v) is 8.87. The minimum absolute atomic E-state index is 0.150. The zero-order chi connectivity index (χ0) is 11.3. The van der Waals surface area contributed by atoms with Crippen molar-refractivity contribution >= 4 is 5.97 Å². The fourth-order valence-corrected chi connectivity index (χ4v) is 1.71. The molecule has 0 spiro atoms. The average molecular weight is 204 g/mol. The number of cyclic esters (lactones) is 1. The quantitative estimate of drug-likeness (QED) is 0.491. The molecule has 1 aliphatic rings. The minimum Gasteiger partial charge on any atom is -0.454 e. The van der Waals surface area contributed by atoms with Crippen LogP contribution in [-0.4, -0.2) is 12.1 Å². The maximum Gasteiger partial charge on any atom is 0.335 e. The smallest absolute Gasteiger partial charge is 0.335 e. The van der Waals surface area contributed by atoms with E-state index in [9.17, 15) is 4.79 Å². The third kappa shape index (κ3) is 2.46. The highest BCUT2D eigenvalue weighted by Gasteiger charge is 2.31. The summed E-state index contributed by atoms with van der Waals surface area (Å²) < 4.78 is 5.25. The van der Waals surface area contributed by atoms with Gasteiger partial charge in [0.2, 0.25) is 0 Å². The van der Waals surface area contributed by atoms with Crippen molar-refractivity contribution < 1.29 is 9.53 Å². The summed E-state index contributed by atoms with van der Waals surface area (Å²) in [5, 5.41) is 0. The molecule has 0 fully saturated rings. The summed E-state index contributed by atoms with van der Waals surface area (Å²) in [4.78, 5) is 11.5. The fourth-order valence-electron chi connectivity index (χ4n) is 1.71. The highest BCUT2D eigenvalue weighted by molar-refractivity contribution is 5.92. The van der Waals surface area contributed by atoms with E-state index < -0.39 is 0 Å². The lowest BCUT2D eigenvalue weighted by molar-refractivity contribution is -0.139. The van der Waals surface area contributed by atoms with Gasteiger partial charge in [-0.1, -0.05) is 18.2 Å². The predicted molar refractivity (Wildman–Crippen MR) is 61.3 cm³/mol. The van der Waals surface area contributed by atoms with Crippen LogP contribution >= 0.6 is 0 Å². The first-order chi connectivity index (χ1) is 7.24. The van der Waals surface area contributed by atoms with Crippen molar-refractivity contribution in [3.8, 4) is 0 Å². The molecule has 80 valence electrons. The van der Waals surface area contributed by atoms with E-state index in [2.05, 4.69) is 19.7 Å². The number of esters is 1. The highest BCUT2D eigenvalue weighted by Crippen LogP contribution is 2.30. The van der Waals surface area contributed by atoms with E-state index >= 15 is 0 Å². The molecule has 0 saturated carbocycles. The number of carbonyl (C=O) groups is 1. The predicted octanol–water partition coefficient (Wildman–Crippen LogP) is 2.94. The van der Waals surface area contributed by atoms with Crippen molar-refractivity contribution in [2.24, 2.45) is 0 Å². The van der Waals surface area contributed by atoms with E-state index in [-0.39, 0.29) is 12.1 Å². The van der Waals surface area contributed by atoms with Crippen LogP contribution in [-0.2, 0) is 9.53 Å². The topological polar surface area (TPSA) is 26.3 Å². The molecule has 15 heavy (non-hydrogen) atoms. The van der Waals surface area contributed by atoms with Crippen molar-refractivity contribution in [2.75, 3.05) is 0 Å². The second-order valence-corrected chi connectivity index (χ2v) is 3.41. The summed E-state index contributed by atoms with van der Waals surface area (Å²) in [6.07, 6.45) is 7.03. The lowest BCUT2D eigenvalue weighted by Crippen LogP contribution is -2.10.